The van der Waals surface area contributed by atoms with Gasteiger partial charge in [-0.25, -0.2) is 0 Å². The fourth-order valence-corrected chi connectivity index (χ4v) is 1.12. The van der Waals surface area contributed by atoms with Crippen molar-refractivity contribution < 1.29 is 5.11 Å². The molecular weight excluding hydrogens is 206 g/mol. The van der Waals surface area contributed by atoms with Crippen LogP contribution in [-0.4, -0.2) is 27.3 Å². The van der Waals surface area contributed by atoms with Crippen molar-refractivity contribution >= 4 is 34.8 Å². The highest BCUT2D eigenvalue weighted by atomic mass is 35.5. The minimum Gasteiger partial charge on any atom is -0.390 e. The van der Waals surface area contributed by atoms with Gasteiger partial charge in [0.25, 0.3) is 0 Å². The molecule has 0 bridgehead atoms. The Morgan fingerprint density at radius 3 is 2.09 bits per heavy atom. The van der Waals surface area contributed by atoms with Crippen molar-refractivity contribution in [3.8, 4) is 0 Å². The predicted molar refractivity (Wildman–Crippen MR) is 50.8 cm³/mol. The van der Waals surface area contributed by atoms with Gasteiger partial charge in [-0.05, 0) is 6.92 Å². The molecular formula is C7H11Cl3O. The normalized spacial score (nSPS) is 21.9. The second-order valence-corrected chi connectivity index (χ2v) is 3.99. The number of alkyl halides is 3. The van der Waals surface area contributed by atoms with Crippen molar-refractivity contribution in [1.29, 1.82) is 0 Å². The van der Waals surface area contributed by atoms with Crippen LogP contribution in [0.2, 0.25) is 0 Å². The van der Waals surface area contributed by atoms with Gasteiger partial charge in [0.15, 0.2) is 0 Å². The molecule has 66 valence electrons. The van der Waals surface area contributed by atoms with E-state index in [1.165, 1.54) is 6.08 Å². The average molecular weight is 218 g/mol. The highest BCUT2D eigenvalue weighted by molar-refractivity contribution is 6.31. The number of halogens is 3. The van der Waals surface area contributed by atoms with Crippen molar-refractivity contribution in [3.63, 3.8) is 0 Å². The summed E-state index contributed by atoms with van der Waals surface area (Å²) >= 11 is 17.0. The van der Waals surface area contributed by atoms with Crippen LogP contribution in [0.3, 0.4) is 0 Å². The molecule has 1 nitrogen and oxygen atoms in total. The molecule has 4 heteroatoms. The van der Waals surface area contributed by atoms with Gasteiger partial charge in [-0.3, -0.25) is 0 Å². The molecule has 11 heavy (non-hydrogen) atoms. The van der Waals surface area contributed by atoms with E-state index in [4.69, 9.17) is 34.8 Å². The fraction of sp³-hybridized carbons (Fsp3) is 0.714. The molecule has 0 saturated heterocycles. The molecule has 0 fully saturated rings. The van der Waals surface area contributed by atoms with Crippen LogP contribution in [0.15, 0.2) is 12.7 Å². The number of aliphatic hydroxyl groups excluding tert-OH is 1. The van der Waals surface area contributed by atoms with Crippen LogP contribution >= 0.6 is 34.8 Å². The molecule has 0 aromatic rings. The number of rotatable bonds is 4. The molecule has 0 spiro atoms. The first-order valence-corrected chi connectivity index (χ1v) is 4.54. The second kappa shape index (κ2) is 5.26. The standard InChI is InChI=1S/C7H11Cl3O/c1-3-5(9)7(11)6(10)4(2)8/h3-7,11H,1H2,2H3/t4-,5-,6-,7+/m1/s1. The zero-order valence-electron chi connectivity index (χ0n) is 6.17. The number of hydrogen-bond donors (Lipinski definition) is 1. The monoisotopic (exact) mass is 216 g/mol. The summed E-state index contributed by atoms with van der Waals surface area (Å²) in [6, 6.07) is 0. The van der Waals surface area contributed by atoms with E-state index in [1.807, 2.05) is 0 Å². The Bertz CT molecular complexity index is 127. The van der Waals surface area contributed by atoms with Gasteiger partial charge in [-0.15, -0.1) is 41.4 Å². The van der Waals surface area contributed by atoms with Gasteiger partial charge < -0.3 is 5.11 Å². The van der Waals surface area contributed by atoms with Crippen LogP contribution in [0, 0.1) is 0 Å². The lowest BCUT2D eigenvalue weighted by atomic mass is 10.1. The molecule has 0 unspecified atom stereocenters. The minimum atomic E-state index is -0.844. The molecule has 0 saturated carbocycles. The quantitative estimate of drug-likeness (QED) is 0.566. The van der Waals surface area contributed by atoms with E-state index in [-0.39, 0.29) is 5.38 Å². The Kier molecular flexibility index (Phi) is 5.53. The van der Waals surface area contributed by atoms with Crippen LogP contribution in [0.5, 0.6) is 0 Å². The zero-order chi connectivity index (χ0) is 9.02. The molecule has 0 aromatic heterocycles. The first-order chi connectivity index (χ1) is 5.00. The molecule has 1 N–H and O–H groups in total. The van der Waals surface area contributed by atoms with E-state index in [2.05, 4.69) is 6.58 Å². The summed E-state index contributed by atoms with van der Waals surface area (Å²) in [5.41, 5.74) is 0. The van der Waals surface area contributed by atoms with Crippen molar-refractivity contribution in [2.24, 2.45) is 0 Å². The third-order valence-electron chi connectivity index (χ3n) is 1.32. The van der Waals surface area contributed by atoms with Crippen LogP contribution in [0.1, 0.15) is 6.92 Å². The molecule has 0 rings (SSSR count). The SMILES string of the molecule is C=C[C@@H](Cl)[C@H](O)[C@H](Cl)[C@@H](C)Cl. The maximum absolute atomic E-state index is 9.34. The van der Waals surface area contributed by atoms with Crippen LogP contribution in [0.4, 0.5) is 0 Å². The Morgan fingerprint density at radius 1 is 1.36 bits per heavy atom. The lowest BCUT2D eigenvalue weighted by molar-refractivity contribution is 0.175. The Morgan fingerprint density at radius 2 is 1.82 bits per heavy atom. The average Bonchev–Trinajstić information content (AvgIpc) is 2.00. The summed E-state index contributed by atoms with van der Waals surface area (Å²) < 4.78 is 0. The number of aliphatic hydroxyl groups is 1. The third kappa shape index (κ3) is 3.66. The maximum atomic E-state index is 9.34. The van der Waals surface area contributed by atoms with Crippen molar-refractivity contribution in [3.05, 3.63) is 12.7 Å². The molecule has 0 aliphatic rings. The van der Waals surface area contributed by atoms with Gasteiger partial charge in [0.2, 0.25) is 0 Å². The highest BCUT2D eigenvalue weighted by Gasteiger charge is 2.26. The molecule has 0 heterocycles. The van der Waals surface area contributed by atoms with Gasteiger partial charge in [-0.2, -0.15) is 0 Å². The molecule has 0 aliphatic heterocycles. The Balaban J connectivity index is 4.00. The lowest BCUT2D eigenvalue weighted by Gasteiger charge is -2.20. The summed E-state index contributed by atoms with van der Waals surface area (Å²) in [7, 11) is 0. The molecule has 0 amide bonds. The lowest BCUT2D eigenvalue weighted by Crippen LogP contribution is -2.34. The largest absolute Gasteiger partial charge is 0.390 e. The second-order valence-electron chi connectivity index (χ2n) is 2.29. The molecule has 0 aliphatic carbocycles. The molecule has 4 atom stereocenters. The summed E-state index contributed by atoms with van der Waals surface area (Å²) in [4.78, 5) is 0. The molecule has 0 radical (unpaired) electrons. The maximum Gasteiger partial charge on any atom is 0.0916 e. The minimum absolute atomic E-state index is 0.312. The van der Waals surface area contributed by atoms with Gasteiger partial charge in [-0.1, -0.05) is 6.08 Å². The number of hydrogen-bond acceptors (Lipinski definition) is 1. The van der Waals surface area contributed by atoms with Gasteiger partial charge in [0, 0.05) is 5.38 Å². The van der Waals surface area contributed by atoms with Crippen molar-refractivity contribution in [1.82, 2.24) is 0 Å². The van der Waals surface area contributed by atoms with Crippen molar-refractivity contribution in [2.75, 3.05) is 0 Å². The topological polar surface area (TPSA) is 20.2 Å². The Labute approximate surface area is 81.9 Å². The molecule has 0 aromatic carbocycles. The van der Waals surface area contributed by atoms with E-state index in [9.17, 15) is 5.11 Å². The van der Waals surface area contributed by atoms with Crippen LogP contribution in [-0.2, 0) is 0 Å². The summed E-state index contributed by atoms with van der Waals surface area (Å²) in [5.74, 6) is 0. The summed E-state index contributed by atoms with van der Waals surface area (Å²) in [6.07, 6.45) is 0.587. The summed E-state index contributed by atoms with van der Waals surface area (Å²) in [6.45, 7) is 5.13. The van der Waals surface area contributed by atoms with E-state index in [0.29, 0.717) is 0 Å². The third-order valence-corrected chi connectivity index (χ3v) is 2.79. The van der Waals surface area contributed by atoms with Crippen LogP contribution in [0.25, 0.3) is 0 Å². The fourth-order valence-electron chi connectivity index (χ4n) is 0.587. The van der Waals surface area contributed by atoms with Gasteiger partial charge in [0.1, 0.15) is 0 Å². The summed E-state index contributed by atoms with van der Waals surface area (Å²) in [5, 5.41) is 7.94. The first-order valence-electron chi connectivity index (χ1n) is 3.23. The van der Waals surface area contributed by atoms with E-state index >= 15 is 0 Å². The van der Waals surface area contributed by atoms with Gasteiger partial charge >= 0.3 is 0 Å². The van der Waals surface area contributed by atoms with E-state index < -0.39 is 16.9 Å². The Hall–Kier alpha value is 0.570. The van der Waals surface area contributed by atoms with Gasteiger partial charge in [0.05, 0.1) is 16.9 Å². The van der Waals surface area contributed by atoms with Crippen LogP contribution < -0.4 is 0 Å². The van der Waals surface area contributed by atoms with E-state index in [1.54, 1.807) is 6.92 Å². The van der Waals surface area contributed by atoms with Crippen molar-refractivity contribution in [2.45, 2.75) is 29.2 Å². The predicted octanol–water partition coefficient (Wildman–Crippen LogP) is 2.38. The highest BCUT2D eigenvalue weighted by Crippen LogP contribution is 2.19. The smallest absolute Gasteiger partial charge is 0.0916 e. The first kappa shape index (κ1) is 11.6. The zero-order valence-corrected chi connectivity index (χ0v) is 8.44. The van der Waals surface area contributed by atoms with E-state index in [0.717, 1.165) is 0 Å².